The zero-order valence-electron chi connectivity index (χ0n) is 5.40. The number of carbonyl (C=O) groups is 3. The number of Topliss-reactive ketones (excluding diaryl/α,β-unsaturated/α-hetero) is 1. The van der Waals surface area contributed by atoms with Gasteiger partial charge in [0.15, 0.2) is 0 Å². The second kappa shape index (κ2) is 7.61. The van der Waals surface area contributed by atoms with Gasteiger partial charge in [-0.2, -0.15) is 0 Å². The van der Waals surface area contributed by atoms with Gasteiger partial charge in [-0.3, -0.25) is 9.59 Å². The lowest BCUT2D eigenvalue weighted by Crippen LogP contribution is -2.09. The number of ketones is 1. The Kier molecular flexibility index (Phi) is 8.68. The third-order valence-electron chi connectivity index (χ3n) is 0.560. The van der Waals surface area contributed by atoms with Crippen molar-refractivity contribution < 1.29 is 24.6 Å². The van der Waals surface area contributed by atoms with E-state index in [1.807, 2.05) is 0 Å². The molecule has 5 heteroatoms. The maximum absolute atomic E-state index is 9.91. The first-order chi connectivity index (χ1) is 4.59. The molecule has 0 fully saturated rings. The molecule has 0 unspecified atom stereocenters. The normalized spacial score (nSPS) is 6.90. The quantitative estimate of drug-likeness (QED) is 0.416. The van der Waals surface area contributed by atoms with Gasteiger partial charge in [0.25, 0.3) is 6.47 Å². The van der Waals surface area contributed by atoms with Crippen LogP contribution in [0.25, 0.3) is 0 Å². The molecule has 0 amide bonds. The van der Waals surface area contributed by atoms with E-state index in [2.05, 4.69) is 0 Å². The Morgan fingerprint density at radius 2 is 1.80 bits per heavy atom. The molecule has 0 aliphatic rings. The Balaban J connectivity index is 0. The lowest BCUT2D eigenvalue weighted by Gasteiger charge is -1.80. The summed E-state index contributed by atoms with van der Waals surface area (Å²) in [6.07, 6.45) is 0.0787. The summed E-state index contributed by atoms with van der Waals surface area (Å²) >= 11 is 0. The smallest absolute Gasteiger partial charge is 0.372 e. The van der Waals surface area contributed by atoms with Crippen molar-refractivity contribution in [3.63, 3.8) is 0 Å². The van der Waals surface area contributed by atoms with Gasteiger partial charge in [-0.1, -0.05) is 6.92 Å². The van der Waals surface area contributed by atoms with E-state index in [0.717, 1.165) is 0 Å². The fourth-order valence-electron chi connectivity index (χ4n) is 0.151. The fraction of sp³-hybridized carbons (Fsp3) is 0.400. The van der Waals surface area contributed by atoms with Crippen LogP contribution in [0, 0.1) is 0 Å². The summed E-state index contributed by atoms with van der Waals surface area (Å²) in [5, 5.41) is 14.7. The molecule has 0 heterocycles. The first kappa shape index (κ1) is 11.4. The minimum atomic E-state index is -1.34. The third-order valence-corrected chi connectivity index (χ3v) is 0.560. The van der Waals surface area contributed by atoms with Gasteiger partial charge < -0.3 is 10.2 Å². The van der Waals surface area contributed by atoms with E-state index in [0.29, 0.717) is 0 Å². The molecule has 0 aliphatic carbocycles. The second-order valence-corrected chi connectivity index (χ2v) is 1.19. The summed E-state index contributed by atoms with van der Waals surface area (Å²) in [6, 6.07) is 0. The molecule has 0 saturated carbocycles. The molecule has 0 aliphatic heterocycles. The molecule has 0 aromatic carbocycles. The van der Waals surface area contributed by atoms with E-state index in [1.54, 1.807) is 0 Å². The highest BCUT2D eigenvalue weighted by Crippen LogP contribution is 1.76. The Hall–Kier alpha value is -1.39. The molecule has 0 saturated heterocycles. The van der Waals surface area contributed by atoms with E-state index < -0.39 is 11.8 Å². The van der Waals surface area contributed by atoms with Gasteiger partial charge in [0.05, 0.1) is 0 Å². The number of hydrogen-bond acceptors (Lipinski definition) is 3. The maximum atomic E-state index is 9.91. The summed E-state index contributed by atoms with van der Waals surface area (Å²) in [5.41, 5.74) is 0. The highest BCUT2D eigenvalue weighted by molar-refractivity contribution is 6.32. The van der Waals surface area contributed by atoms with Crippen molar-refractivity contribution >= 4 is 18.2 Å². The molecule has 0 rings (SSSR count). The lowest BCUT2D eigenvalue weighted by molar-refractivity contribution is -0.148. The number of rotatable bonds is 2. The van der Waals surface area contributed by atoms with Crippen molar-refractivity contribution in [2.24, 2.45) is 0 Å². The van der Waals surface area contributed by atoms with Crippen molar-refractivity contribution in [1.82, 2.24) is 0 Å². The zero-order chi connectivity index (χ0) is 8.57. The first-order valence-electron chi connectivity index (χ1n) is 2.44. The molecule has 0 spiro atoms. The molecule has 5 nitrogen and oxygen atoms in total. The largest absolute Gasteiger partial charge is 0.483 e. The van der Waals surface area contributed by atoms with Crippen LogP contribution < -0.4 is 0 Å². The average Bonchev–Trinajstić information content (AvgIpc) is 1.88. The van der Waals surface area contributed by atoms with Crippen molar-refractivity contribution in [3.8, 4) is 0 Å². The minimum Gasteiger partial charge on any atom is -0.483 e. The minimum absolute atomic E-state index is 0.0787. The molecular formula is C5H8O5. The number of hydrogen-bond donors (Lipinski definition) is 2. The van der Waals surface area contributed by atoms with Crippen LogP contribution >= 0.6 is 0 Å². The van der Waals surface area contributed by atoms with Gasteiger partial charge in [-0.15, -0.1) is 0 Å². The van der Waals surface area contributed by atoms with Gasteiger partial charge in [0, 0.05) is 6.42 Å². The highest BCUT2D eigenvalue weighted by atomic mass is 16.4. The summed E-state index contributed by atoms with van der Waals surface area (Å²) in [7, 11) is 0. The van der Waals surface area contributed by atoms with Crippen LogP contribution in [-0.4, -0.2) is 28.4 Å². The predicted molar refractivity (Wildman–Crippen MR) is 31.6 cm³/mol. The highest BCUT2D eigenvalue weighted by Gasteiger charge is 2.05. The Morgan fingerprint density at radius 3 is 1.80 bits per heavy atom. The van der Waals surface area contributed by atoms with Crippen molar-refractivity contribution in [2.75, 3.05) is 0 Å². The Morgan fingerprint density at radius 1 is 1.50 bits per heavy atom. The number of carbonyl (C=O) groups excluding carboxylic acids is 1. The van der Waals surface area contributed by atoms with Gasteiger partial charge in [0.2, 0.25) is 5.78 Å². The van der Waals surface area contributed by atoms with E-state index in [-0.39, 0.29) is 12.9 Å². The molecule has 10 heavy (non-hydrogen) atoms. The molecule has 0 aromatic rings. The monoisotopic (exact) mass is 148 g/mol. The zero-order valence-corrected chi connectivity index (χ0v) is 5.40. The van der Waals surface area contributed by atoms with Gasteiger partial charge >= 0.3 is 5.97 Å². The molecule has 2 N–H and O–H groups in total. The number of carboxylic acids is 1. The first-order valence-corrected chi connectivity index (χ1v) is 2.44. The van der Waals surface area contributed by atoms with E-state index in [1.165, 1.54) is 6.92 Å². The predicted octanol–water partition coefficient (Wildman–Crippen LogP) is -0.249. The van der Waals surface area contributed by atoms with Crippen LogP contribution in [0.4, 0.5) is 0 Å². The topological polar surface area (TPSA) is 91.7 Å². The molecule has 0 aromatic heterocycles. The van der Waals surface area contributed by atoms with Crippen molar-refractivity contribution in [2.45, 2.75) is 13.3 Å². The molecular weight excluding hydrogens is 140 g/mol. The average molecular weight is 148 g/mol. The van der Waals surface area contributed by atoms with E-state index in [9.17, 15) is 9.59 Å². The van der Waals surface area contributed by atoms with Crippen LogP contribution in [0.3, 0.4) is 0 Å². The summed E-state index contributed by atoms with van der Waals surface area (Å²) in [5.74, 6) is -2.08. The Labute approximate surface area is 57.3 Å². The third kappa shape index (κ3) is 9.79. The van der Waals surface area contributed by atoms with E-state index >= 15 is 0 Å². The maximum Gasteiger partial charge on any atom is 0.372 e. The van der Waals surface area contributed by atoms with Crippen LogP contribution in [-0.2, 0) is 14.4 Å². The SMILES string of the molecule is CCC(=O)C(=O)O.O=CO. The van der Waals surface area contributed by atoms with Gasteiger partial charge in [-0.05, 0) is 0 Å². The van der Waals surface area contributed by atoms with Crippen LogP contribution in [0.2, 0.25) is 0 Å². The molecule has 58 valence electrons. The Bertz CT molecular complexity index is 128. The van der Waals surface area contributed by atoms with Gasteiger partial charge in [-0.25, -0.2) is 4.79 Å². The van der Waals surface area contributed by atoms with Gasteiger partial charge in [0.1, 0.15) is 0 Å². The molecule has 0 radical (unpaired) electrons. The van der Waals surface area contributed by atoms with Crippen LogP contribution in [0.5, 0.6) is 0 Å². The number of carboxylic acid groups (broad SMARTS) is 2. The molecule has 0 atom stereocenters. The van der Waals surface area contributed by atoms with Crippen LogP contribution in [0.1, 0.15) is 13.3 Å². The van der Waals surface area contributed by atoms with Crippen molar-refractivity contribution in [3.05, 3.63) is 0 Å². The summed E-state index contributed by atoms with van der Waals surface area (Å²) < 4.78 is 0. The number of aliphatic carboxylic acids is 1. The molecule has 0 bridgehead atoms. The second-order valence-electron chi connectivity index (χ2n) is 1.19. The fourth-order valence-corrected chi connectivity index (χ4v) is 0.151. The lowest BCUT2D eigenvalue weighted by atomic mass is 10.3. The summed E-state index contributed by atoms with van der Waals surface area (Å²) in [4.78, 5) is 27.9. The standard InChI is InChI=1S/C4H6O3.CH2O2/c1-2-3(5)4(6)7;2-1-3/h2H2,1H3,(H,6,7);1H,(H,2,3). The summed E-state index contributed by atoms with van der Waals surface area (Å²) in [6.45, 7) is 1.26. The van der Waals surface area contributed by atoms with E-state index in [4.69, 9.17) is 15.0 Å². The van der Waals surface area contributed by atoms with Crippen LogP contribution in [0.15, 0.2) is 0 Å². The van der Waals surface area contributed by atoms with Crippen molar-refractivity contribution in [1.29, 1.82) is 0 Å².